The number of nitrogens with one attached hydrogen (secondary N) is 1. The molecule has 1 N–H and O–H groups in total. The minimum Gasteiger partial charge on any atom is -0.348 e. The predicted octanol–water partition coefficient (Wildman–Crippen LogP) is 3.41. The molecule has 5 rings (SSSR count). The molecule has 4 heterocycles. The third kappa shape index (κ3) is 4.02. The van der Waals surface area contributed by atoms with Crippen molar-refractivity contribution in [1.29, 1.82) is 0 Å². The number of alkyl halides is 3. The van der Waals surface area contributed by atoms with Crippen LogP contribution >= 0.6 is 22.9 Å². The van der Waals surface area contributed by atoms with E-state index in [9.17, 15) is 22.8 Å². The Morgan fingerprint density at radius 1 is 1.24 bits per heavy atom. The van der Waals surface area contributed by atoms with Crippen LogP contribution in [0.2, 0.25) is 5.02 Å². The van der Waals surface area contributed by atoms with E-state index in [1.807, 2.05) is 0 Å². The Kier molecular flexibility index (Phi) is 5.24. The number of aromatic nitrogens is 5. The van der Waals surface area contributed by atoms with Gasteiger partial charge in [-0.05, 0) is 31.0 Å². The van der Waals surface area contributed by atoms with Gasteiger partial charge < -0.3 is 10.2 Å². The molecule has 1 aliphatic rings. The fourth-order valence-corrected chi connectivity index (χ4v) is 4.88. The molecule has 1 amide bonds. The van der Waals surface area contributed by atoms with Crippen molar-refractivity contribution in [3.05, 3.63) is 45.6 Å². The zero-order valence-corrected chi connectivity index (χ0v) is 18.3. The zero-order valence-electron chi connectivity index (χ0n) is 16.8. The van der Waals surface area contributed by atoms with Gasteiger partial charge in [-0.2, -0.15) is 18.2 Å². The fraction of sp³-hybridized carbons (Fsp3) is 0.316. The number of carbonyl (C=O) groups is 1. The van der Waals surface area contributed by atoms with Gasteiger partial charge in [0, 0.05) is 18.1 Å². The number of fused-ring (bicyclic) bond motifs is 3. The molecular weight excluding hydrogens is 483 g/mol. The van der Waals surface area contributed by atoms with Crippen LogP contribution in [0.3, 0.4) is 0 Å². The Labute approximate surface area is 192 Å². The molecule has 0 saturated carbocycles. The Hall–Kier alpha value is -3.19. The highest BCUT2D eigenvalue weighted by molar-refractivity contribution is 7.22. The molecule has 0 unspecified atom stereocenters. The van der Waals surface area contributed by atoms with Crippen LogP contribution in [0.15, 0.2) is 29.3 Å². The first-order valence-electron chi connectivity index (χ1n) is 9.87. The number of hydrogen-bond donors (Lipinski definition) is 1. The molecule has 3 aromatic heterocycles. The average Bonchev–Trinajstić information content (AvgIpc) is 3.48. The molecule has 9 nitrogen and oxygen atoms in total. The van der Waals surface area contributed by atoms with E-state index in [2.05, 4.69) is 25.3 Å². The van der Waals surface area contributed by atoms with Crippen molar-refractivity contribution in [2.45, 2.75) is 25.6 Å². The van der Waals surface area contributed by atoms with Gasteiger partial charge in [0.2, 0.25) is 5.91 Å². The number of rotatable bonds is 4. The van der Waals surface area contributed by atoms with Gasteiger partial charge in [-0.1, -0.05) is 22.9 Å². The van der Waals surface area contributed by atoms with Gasteiger partial charge in [-0.25, -0.2) is 18.9 Å². The Bertz CT molecular complexity index is 1440. The van der Waals surface area contributed by atoms with E-state index in [1.165, 1.54) is 28.1 Å². The lowest BCUT2D eigenvalue weighted by Gasteiger charge is -2.14. The summed E-state index contributed by atoms with van der Waals surface area (Å²) in [5.41, 5.74) is -1.47. The largest absolute Gasteiger partial charge is 0.418 e. The first-order valence-corrected chi connectivity index (χ1v) is 11.1. The van der Waals surface area contributed by atoms with Crippen molar-refractivity contribution in [3.8, 4) is 0 Å². The summed E-state index contributed by atoms with van der Waals surface area (Å²) in [6.07, 6.45) is -1.29. The number of thiazole rings is 1. The predicted molar refractivity (Wildman–Crippen MR) is 117 cm³/mol. The topological polar surface area (TPSA) is 97.4 Å². The second kappa shape index (κ2) is 7.99. The molecule has 1 aromatic carbocycles. The SMILES string of the molecule is O=C(Cn1nc2c3sc(N4CCCC4)nc3ncn2c1=O)Nc1ccc(Cl)cc1C(F)(F)F. The van der Waals surface area contributed by atoms with Crippen LogP contribution in [0.5, 0.6) is 0 Å². The zero-order chi connectivity index (χ0) is 23.3. The maximum absolute atomic E-state index is 13.3. The molecule has 0 radical (unpaired) electrons. The van der Waals surface area contributed by atoms with E-state index < -0.39 is 35.6 Å². The van der Waals surface area contributed by atoms with Gasteiger partial charge in [0.1, 0.15) is 17.6 Å². The molecule has 0 bridgehead atoms. The number of nitrogens with zero attached hydrogens (tertiary/aromatic N) is 6. The van der Waals surface area contributed by atoms with Crippen molar-refractivity contribution >= 4 is 55.7 Å². The summed E-state index contributed by atoms with van der Waals surface area (Å²) in [4.78, 5) is 36.0. The average molecular weight is 498 g/mol. The monoisotopic (exact) mass is 497 g/mol. The number of amides is 1. The van der Waals surface area contributed by atoms with Crippen LogP contribution < -0.4 is 15.9 Å². The summed E-state index contributed by atoms with van der Waals surface area (Å²) in [7, 11) is 0. The smallest absolute Gasteiger partial charge is 0.348 e. The molecule has 0 spiro atoms. The van der Waals surface area contributed by atoms with Gasteiger partial charge in [0.25, 0.3) is 0 Å². The third-order valence-corrected chi connectivity index (χ3v) is 6.53. The summed E-state index contributed by atoms with van der Waals surface area (Å²) >= 11 is 7.01. The van der Waals surface area contributed by atoms with Crippen molar-refractivity contribution in [1.82, 2.24) is 24.1 Å². The highest BCUT2D eigenvalue weighted by Gasteiger charge is 2.34. The maximum Gasteiger partial charge on any atom is 0.418 e. The van der Waals surface area contributed by atoms with Crippen molar-refractivity contribution < 1.29 is 18.0 Å². The third-order valence-electron chi connectivity index (χ3n) is 5.20. The minimum absolute atomic E-state index is 0.119. The first kappa shape index (κ1) is 21.6. The van der Waals surface area contributed by atoms with E-state index in [4.69, 9.17) is 11.6 Å². The van der Waals surface area contributed by atoms with Crippen LogP contribution in [-0.2, 0) is 17.5 Å². The summed E-state index contributed by atoms with van der Waals surface area (Å²) in [6.45, 7) is 1.20. The number of hydrogen-bond acceptors (Lipinski definition) is 7. The molecule has 4 aromatic rings. The Morgan fingerprint density at radius 2 is 2.00 bits per heavy atom. The molecule has 0 aliphatic carbocycles. The van der Waals surface area contributed by atoms with Gasteiger partial charge in [-0.3, -0.25) is 4.79 Å². The minimum atomic E-state index is -4.72. The summed E-state index contributed by atoms with van der Waals surface area (Å²) < 4.78 is 42.5. The van der Waals surface area contributed by atoms with Gasteiger partial charge in [0.05, 0.1) is 11.3 Å². The lowest BCUT2D eigenvalue weighted by Crippen LogP contribution is -2.28. The summed E-state index contributed by atoms with van der Waals surface area (Å²) in [5.74, 6) is -0.848. The molecule has 1 aliphatic heterocycles. The fourth-order valence-electron chi connectivity index (χ4n) is 3.66. The number of benzene rings is 1. The molecule has 172 valence electrons. The van der Waals surface area contributed by atoms with Gasteiger partial charge in [-0.15, -0.1) is 5.10 Å². The highest BCUT2D eigenvalue weighted by atomic mass is 35.5. The maximum atomic E-state index is 13.3. The molecule has 14 heteroatoms. The molecule has 0 atom stereocenters. The van der Waals surface area contributed by atoms with E-state index in [1.54, 1.807) is 0 Å². The van der Waals surface area contributed by atoms with Crippen molar-refractivity contribution in [2.75, 3.05) is 23.3 Å². The molecular formula is C19H15ClF3N7O2S. The van der Waals surface area contributed by atoms with Crippen LogP contribution in [-0.4, -0.2) is 43.1 Å². The lowest BCUT2D eigenvalue weighted by molar-refractivity contribution is -0.137. The number of anilines is 2. The van der Waals surface area contributed by atoms with Crippen LogP contribution in [0.4, 0.5) is 24.0 Å². The standard InChI is InChI=1S/C19H15ClF3N7O2S/c20-10-3-4-12(11(7-10)19(21,22)23)25-13(31)8-30-18(32)29-9-24-15-14(16(29)27-30)33-17(26-15)28-5-1-2-6-28/h3-4,7,9H,1-2,5-6,8H2,(H,25,31). The van der Waals surface area contributed by atoms with Crippen LogP contribution in [0.25, 0.3) is 16.0 Å². The van der Waals surface area contributed by atoms with Gasteiger partial charge in [0.15, 0.2) is 16.4 Å². The molecule has 1 fully saturated rings. The second-order valence-corrected chi connectivity index (χ2v) is 8.87. The lowest BCUT2D eigenvalue weighted by atomic mass is 10.1. The van der Waals surface area contributed by atoms with Crippen molar-refractivity contribution in [3.63, 3.8) is 0 Å². The molecule has 1 saturated heterocycles. The summed E-state index contributed by atoms with van der Waals surface area (Å²) in [6, 6.07) is 3.01. The highest BCUT2D eigenvalue weighted by Crippen LogP contribution is 2.36. The van der Waals surface area contributed by atoms with E-state index in [0.29, 0.717) is 10.3 Å². The van der Waals surface area contributed by atoms with Gasteiger partial charge >= 0.3 is 11.9 Å². The van der Waals surface area contributed by atoms with E-state index in [-0.39, 0.29) is 10.7 Å². The normalized spacial score (nSPS) is 14.5. The Morgan fingerprint density at radius 3 is 2.73 bits per heavy atom. The number of halogens is 4. The van der Waals surface area contributed by atoms with E-state index >= 15 is 0 Å². The van der Waals surface area contributed by atoms with Crippen LogP contribution in [0, 0.1) is 0 Å². The first-order chi connectivity index (χ1) is 15.7. The van der Waals surface area contributed by atoms with Crippen molar-refractivity contribution in [2.24, 2.45) is 0 Å². The molecule has 33 heavy (non-hydrogen) atoms. The Balaban J connectivity index is 1.45. The number of carbonyl (C=O) groups excluding carboxylic acids is 1. The quantitative estimate of drug-likeness (QED) is 0.464. The van der Waals surface area contributed by atoms with E-state index in [0.717, 1.165) is 47.9 Å². The van der Waals surface area contributed by atoms with Crippen LogP contribution in [0.1, 0.15) is 18.4 Å². The summed E-state index contributed by atoms with van der Waals surface area (Å²) in [5, 5.41) is 7.07. The second-order valence-electron chi connectivity index (χ2n) is 7.46.